The number of rotatable bonds is 5. The van der Waals surface area contributed by atoms with Crippen molar-refractivity contribution in [2.24, 2.45) is 4.99 Å². The monoisotopic (exact) mass is 429 g/mol. The molecule has 1 aromatic heterocycles. The summed E-state index contributed by atoms with van der Waals surface area (Å²) in [5.74, 6) is 0.672. The number of thioether (sulfide) groups is 1. The van der Waals surface area contributed by atoms with E-state index < -0.39 is 0 Å². The van der Waals surface area contributed by atoms with E-state index in [-0.39, 0.29) is 5.91 Å². The first-order chi connectivity index (χ1) is 15.3. The zero-order valence-corrected chi connectivity index (χ0v) is 17.9. The molecule has 0 spiro atoms. The van der Waals surface area contributed by atoms with Gasteiger partial charge in [0.1, 0.15) is 5.76 Å². The van der Waals surface area contributed by atoms with E-state index in [9.17, 15) is 4.79 Å². The van der Waals surface area contributed by atoms with Crippen molar-refractivity contribution in [2.75, 3.05) is 18.0 Å². The lowest BCUT2D eigenvalue weighted by Crippen LogP contribution is -2.28. The van der Waals surface area contributed by atoms with Crippen molar-refractivity contribution in [2.45, 2.75) is 19.4 Å². The first-order valence-corrected chi connectivity index (χ1v) is 11.3. The molecule has 3 heterocycles. The third-order valence-corrected chi connectivity index (χ3v) is 6.43. The lowest BCUT2D eigenvalue weighted by molar-refractivity contribution is -0.122. The molecule has 2 aromatic carbocycles. The fraction of sp³-hybridized carbons (Fsp3) is 0.200. The molecule has 2 aliphatic heterocycles. The molecule has 2 fully saturated rings. The number of carbonyl (C=O) groups is 1. The van der Waals surface area contributed by atoms with Crippen LogP contribution in [-0.4, -0.2) is 29.1 Å². The summed E-state index contributed by atoms with van der Waals surface area (Å²) >= 11 is 1.40. The molecule has 0 radical (unpaired) electrons. The van der Waals surface area contributed by atoms with Crippen LogP contribution in [0.3, 0.4) is 0 Å². The van der Waals surface area contributed by atoms with Gasteiger partial charge in [0.25, 0.3) is 5.91 Å². The molecule has 0 saturated carbocycles. The molecular formula is C25H23N3O2S. The summed E-state index contributed by atoms with van der Waals surface area (Å²) in [5.41, 5.74) is 3.08. The van der Waals surface area contributed by atoms with Crippen molar-refractivity contribution in [3.05, 3.63) is 89.2 Å². The normalized spacial score (nSPS) is 19.2. The molecule has 0 atom stereocenters. The van der Waals surface area contributed by atoms with Gasteiger partial charge in [-0.3, -0.25) is 9.69 Å². The van der Waals surface area contributed by atoms with Gasteiger partial charge in [0.15, 0.2) is 5.17 Å². The van der Waals surface area contributed by atoms with E-state index in [0.29, 0.717) is 16.6 Å². The minimum absolute atomic E-state index is 0.0558. The van der Waals surface area contributed by atoms with Gasteiger partial charge in [-0.05, 0) is 72.6 Å². The van der Waals surface area contributed by atoms with Crippen molar-refractivity contribution in [1.29, 1.82) is 0 Å². The third-order valence-electron chi connectivity index (χ3n) is 5.43. The summed E-state index contributed by atoms with van der Waals surface area (Å²) in [6.07, 6.45) is 6.08. The topological polar surface area (TPSA) is 49.1 Å². The average molecular weight is 430 g/mol. The first kappa shape index (κ1) is 19.7. The quantitative estimate of drug-likeness (QED) is 0.489. The summed E-state index contributed by atoms with van der Waals surface area (Å²) < 4.78 is 5.48. The molecule has 0 aliphatic carbocycles. The SMILES string of the molecule is O=C1C(=Cc2ccc(N3CCCC3)cc2)SC(=Nc2ccccc2)N1Cc1ccco1. The largest absolute Gasteiger partial charge is 0.467 e. The predicted molar refractivity (Wildman–Crippen MR) is 126 cm³/mol. The Bertz CT molecular complexity index is 1100. The van der Waals surface area contributed by atoms with Crippen LogP contribution in [0.25, 0.3) is 6.08 Å². The molecule has 5 nitrogen and oxygen atoms in total. The highest BCUT2D eigenvalue weighted by Gasteiger charge is 2.34. The van der Waals surface area contributed by atoms with Crippen LogP contribution in [-0.2, 0) is 11.3 Å². The minimum atomic E-state index is -0.0558. The van der Waals surface area contributed by atoms with Crippen molar-refractivity contribution in [3.63, 3.8) is 0 Å². The second-order valence-corrected chi connectivity index (χ2v) is 8.61. The minimum Gasteiger partial charge on any atom is -0.467 e. The van der Waals surface area contributed by atoms with E-state index in [2.05, 4.69) is 29.2 Å². The molecule has 5 rings (SSSR count). The van der Waals surface area contributed by atoms with Crippen LogP contribution in [0.15, 0.2) is 87.3 Å². The number of benzene rings is 2. The zero-order valence-electron chi connectivity index (χ0n) is 17.1. The number of carbonyl (C=O) groups excluding carboxylic acids is 1. The fourth-order valence-electron chi connectivity index (χ4n) is 3.81. The summed E-state index contributed by atoms with van der Waals surface area (Å²) in [7, 11) is 0. The van der Waals surface area contributed by atoms with Gasteiger partial charge in [-0.25, -0.2) is 4.99 Å². The van der Waals surface area contributed by atoms with E-state index in [1.165, 1.54) is 30.3 Å². The molecule has 2 aliphatic rings. The van der Waals surface area contributed by atoms with Crippen molar-refractivity contribution >= 4 is 40.3 Å². The number of para-hydroxylation sites is 1. The van der Waals surface area contributed by atoms with Gasteiger partial charge in [0, 0.05) is 18.8 Å². The number of nitrogens with zero attached hydrogens (tertiary/aromatic N) is 3. The number of hydrogen-bond donors (Lipinski definition) is 0. The molecule has 0 bridgehead atoms. The summed E-state index contributed by atoms with van der Waals surface area (Å²) in [6, 6.07) is 21.8. The van der Waals surface area contributed by atoms with Crippen LogP contribution in [0.4, 0.5) is 11.4 Å². The Morgan fingerprint density at radius 2 is 1.74 bits per heavy atom. The van der Waals surface area contributed by atoms with Crippen molar-refractivity contribution in [3.8, 4) is 0 Å². The standard InChI is InChI=1S/C25H23N3O2S/c29-24-23(17-19-10-12-21(13-11-19)27-14-4-5-15-27)31-25(26-20-7-2-1-3-8-20)28(24)18-22-9-6-16-30-22/h1-3,6-13,16-17H,4-5,14-15,18H2. The summed E-state index contributed by atoms with van der Waals surface area (Å²) in [5, 5.41) is 0.660. The number of anilines is 1. The zero-order chi connectivity index (χ0) is 21.0. The van der Waals surface area contributed by atoms with Gasteiger partial charge in [-0.2, -0.15) is 0 Å². The van der Waals surface area contributed by atoms with Gasteiger partial charge < -0.3 is 9.32 Å². The lowest BCUT2D eigenvalue weighted by atomic mass is 10.2. The maximum absolute atomic E-state index is 13.2. The Morgan fingerprint density at radius 3 is 2.45 bits per heavy atom. The van der Waals surface area contributed by atoms with E-state index >= 15 is 0 Å². The predicted octanol–water partition coefficient (Wildman–Crippen LogP) is 5.68. The Labute approximate surface area is 186 Å². The first-order valence-electron chi connectivity index (χ1n) is 10.5. The molecule has 156 valence electrons. The maximum atomic E-state index is 13.2. The summed E-state index contributed by atoms with van der Waals surface area (Å²) in [4.78, 5) is 22.7. The smallest absolute Gasteiger partial charge is 0.267 e. The lowest BCUT2D eigenvalue weighted by Gasteiger charge is -2.17. The van der Waals surface area contributed by atoms with Crippen LogP contribution >= 0.6 is 11.8 Å². The molecule has 1 amide bonds. The third kappa shape index (κ3) is 4.44. The van der Waals surface area contributed by atoms with Gasteiger partial charge in [0.2, 0.25) is 0 Å². The van der Waals surface area contributed by atoms with Crippen LogP contribution in [0.1, 0.15) is 24.2 Å². The molecule has 2 saturated heterocycles. The van der Waals surface area contributed by atoms with Gasteiger partial charge in [-0.1, -0.05) is 30.3 Å². The second kappa shape index (κ2) is 8.86. The molecule has 0 unspecified atom stereocenters. The highest BCUT2D eigenvalue weighted by atomic mass is 32.2. The average Bonchev–Trinajstić information content (AvgIpc) is 3.56. The second-order valence-electron chi connectivity index (χ2n) is 7.60. The maximum Gasteiger partial charge on any atom is 0.267 e. The van der Waals surface area contributed by atoms with Crippen LogP contribution in [0.5, 0.6) is 0 Å². The Morgan fingerprint density at radius 1 is 0.968 bits per heavy atom. The number of furan rings is 1. The highest BCUT2D eigenvalue weighted by molar-refractivity contribution is 8.18. The Balaban J connectivity index is 1.42. The number of amides is 1. The molecule has 31 heavy (non-hydrogen) atoms. The Hall–Kier alpha value is -3.25. The number of amidine groups is 1. The molecular weight excluding hydrogens is 406 g/mol. The Kier molecular flexibility index (Phi) is 5.63. The van der Waals surface area contributed by atoms with Gasteiger partial charge >= 0.3 is 0 Å². The highest BCUT2D eigenvalue weighted by Crippen LogP contribution is 2.35. The van der Waals surface area contributed by atoms with Crippen LogP contribution in [0, 0.1) is 0 Å². The summed E-state index contributed by atoms with van der Waals surface area (Å²) in [6.45, 7) is 2.60. The molecule has 6 heteroatoms. The fourth-order valence-corrected chi connectivity index (χ4v) is 4.81. The van der Waals surface area contributed by atoms with Gasteiger partial charge in [0.05, 0.1) is 23.4 Å². The van der Waals surface area contributed by atoms with E-state index in [1.54, 1.807) is 11.2 Å². The van der Waals surface area contributed by atoms with Crippen molar-refractivity contribution in [1.82, 2.24) is 4.90 Å². The van der Waals surface area contributed by atoms with E-state index in [0.717, 1.165) is 30.1 Å². The van der Waals surface area contributed by atoms with Crippen LogP contribution in [0.2, 0.25) is 0 Å². The van der Waals surface area contributed by atoms with E-state index in [4.69, 9.17) is 9.41 Å². The van der Waals surface area contributed by atoms with Gasteiger partial charge in [-0.15, -0.1) is 0 Å². The van der Waals surface area contributed by atoms with Crippen molar-refractivity contribution < 1.29 is 9.21 Å². The number of aliphatic imine (C=N–C) groups is 1. The van der Waals surface area contributed by atoms with Crippen LogP contribution < -0.4 is 4.90 Å². The molecule has 3 aromatic rings. The number of hydrogen-bond acceptors (Lipinski definition) is 5. The molecule has 0 N–H and O–H groups in total. The van der Waals surface area contributed by atoms with E-state index in [1.807, 2.05) is 48.5 Å².